The molecule has 0 aromatic heterocycles. The summed E-state index contributed by atoms with van der Waals surface area (Å²) in [5.41, 5.74) is 2.03. The van der Waals surface area contributed by atoms with E-state index < -0.39 is 12.1 Å². The third kappa shape index (κ3) is 4.13. The maximum Gasteiger partial charge on any atom is 0.348 e. The minimum Gasteiger partial charge on any atom is -0.511 e. The lowest BCUT2D eigenvalue weighted by molar-refractivity contribution is -0.146. The first kappa shape index (κ1) is 16.9. The van der Waals surface area contributed by atoms with Crippen LogP contribution in [0.1, 0.15) is 23.7 Å². The van der Waals surface area contributed by atoms with Crippen LogP contribution < -0.4 is 0 Å². The Kier molecular flexibility index (Phi) is 5.48. The highest BCUT2D eigenvalue weighted by molar-refractivity contribution is 8.04. The minimum atomic E-state index is -0.465. The number of benzene rings is 2. The van der Waals surface area contributed by atoms with E-state index in [0.29, 0.717) is 22.1 Å². The summed E-state index contributed by atoms with van der Waals surface area (Å²) in [6.07, 6.45) is 0.658. The Hall–Kier alpha value is -1.91. The third-order valence-electron chi connectivity index (χ3n) is 3.80. The van der Waals surface area contributed by atoms with Crippen LogP contribution in [0.25, 0.3) is 0 Å². The molecule has 0 saturated heterocycles. The van der Waals surface area contributed by atoms with Crippen LogP contribution in [0, 0.1) is 0 Å². The molecular formula is C19H17ClO3S. The standard InChI is InChI=1S/C19H17ClO3S/c20-15-8-6-14(7-9-15)17-12-16(21)18(19(22)23-17)24-11-10-13-4-2-1-3-5-13/h1-9,17,21H,10-12H2. The van der Waals surface area contributed by atoms with Crippen molar-refractivity contribution < 1.29 is 14.6 Å². The van der Waals surface area contributed by atoms with Crippen molar-refractivity contribution in [2.45, 2.75) is 18.9 Å². The van der Waals surface area contributed by atoms with Gasteiger partial charge in [-0.05, 0) is 29.7 Å². The molecule has 5 heteroatoms. The Morgan fingerprint density at radius 1 is 1.12 bits per heavy atom. The molecule has 1 heterocycles. The molecule has 2 aromatic rings. The van der Waals surface area contributed by atoms with Crippen LogP contribution in [0.4, 0.5) is 0 Å². The molecule has 0 fully saturated rings. The average molecular weight is 361 g/mol. The number of carbonyl (C=O) groups is 1. The predicted octanol–water partition coefficient (Wildman–Crippen LogP) is 5.07. The van der Waals surface area contributed by atoms with E-state index in [2.05, 4.69) is 0 Å². The molecule has 0 radical (unpaired) electrons. The molecule has 0 aliphatic carbocycles. The van der Waals surface area contributed by atoms with Crippen LogP contribution in [0.3, 0.4) is 0 Å². The summed E-state index contributed by atoms with van der Waals surface area (Å²) in [6.45, 7) is 0. The van der Waals surface area contributed by atoms with Crippen molar-refractivity contribution in [3.8, 4) is 0 Å². The molecule has 0 amide bonds. The van der Waals surface area contributed by atoms with E-state index in [1.165, 1.54) is 17.3 Å². The smallest absolute Gasteiger partial charge is 0.348 e. The van der Waals surface area contributed by atoms with Crippen LogP contribution in [0.5, 0.6) is 0 Å². The predicted molar refractivity (Wildman–Crippen MR) is 97.2 cm³/mol. The normalized spacial score (nSPS) is 17.7. The van der Waals surface area contributed by atoms with Crippen molar-refractivity contribution in [1.29, 1.82) is 0 Å². The Morgan fingerprint density at radius 3 is 2.50 bits per heavy atom. The lowest BCUT2D eigenvalue weighted by Crippen LogP contribution is -2.20. The summed E-state index contributed by atoms with van der Waals surface area (Å²) in [6, 6.07) is 17.1. The monoisotopic (exact) mass is 360 g/mol. The van der Waals surface area contributed by atoms with Crippen LogP contribution in [-0.2, 0) is 16.0 Å². The van der Waals surface area contributed by atoms with E-state index in [1.807, 2.05) is 30.3 Å². The lowest BCUT2D eigenvalue weighted by Gasteiger charge is -2.24. The van der Waals surface area contributed by atoms with Gasteiger partial charge in [0.25, 0.3) is 0 Å². The SMILES string of the molecule is O=C1OC(c2ccc(Cl)cc2)CC(O)=C1SCCc1ccccc1. The first-order valence-electron chi connectivity index (χ1n) is 7.69. The van der Waals surface area contributed by atoms with Crippen LogP contribution in [-0.4, -0.2) is 16.8 Å². The number of ether oxygens (including phenoxy) is 1. The maximum absolute atomic E-state index is 12.2. The van der Waals surface area contributed by atoms with Crippen molar-refractivity contribution in [2.75, 3.05) is 5.75 Å². The van der Waals surface area contributed by atoms with Gasteiger partial charge in [-0.25, -0.2) is 4.79 Å². The highest BCUT2D eigenvalue weighted by Gasteiger charge is 2.30. The summed E-state index contributed by atoms with van der Waals surface area (Å²) in [7, 11) is 0. The zero-order valence-electron chi connectivity index (χ0n) is 12.9. The molecule has 1 aliphatic rings. The van der Waals surface area contributed by atoms with Gasteiger partial charge in [0.15, 0.2) is 0 Å². The fraction of sp³-hybridized carbons (Fsp3) is 0.211. The number of aliphatic hydroxyl groups excluding tert-OH is 1. The van der Waals surface area contributed by atoms with Crippen molar-refractivity contribution in [3.05, 3.63) is 81.4 Å². The molecule has 1 atom stereocenters. The van der Waals surface area contributed by atoms with Gasteiger partial charge in [0.05, 0.1) is 0 Å². The van der Waals surface area contributed by atoms with E-state index in [9.17, 15) is 9.90 Å². The van der Waals surface area contributed by atoms with E-state index >= 15 is 0 Å². The molecule has 3 nitrogen and oxygen atoms in total. The van der Waals surface area contributed by atoms with Gasteiger partial charge >= 0.3 is 5.97 Å². The number of halogens is 1. The molecule has 1 unspecified atom stereocenters. The average Bonchev–Trinajstić information content (AvgIpc) is 2.59. The van der Waals surface area contributed by atoms with E-state index in [0.717, 1.165) is 12.0 Å². The molecule has 0 spiro atoms. The van der Waals surface area contributed by atoms with Gasteiger partial charge in [0, 0.05) is 17.2 Å². The van der Waals surface area contributed by atoms with Gasteiger partial charge in [-0.15, -0.1) is 11.8 Å². The fourth-order valence-electron chi connectivity index (χ4n) is 2.53. The summed E-state index contributed by atoms with van der Waals surface area (Å²) < 4.78 is 5.48. The van der Waals surface area contributed by atoms with E-state index in [-0.39, 0.29) is 5.76 Å². The number of thioether (sulfide) groups is 1. The van der Waals surface area contributed by atoms with Crippen LogP contribution >= 0.6 is 23.4 Å². The van der Waals surface area contributed by atoms with Gasteiger partial charge in [-0.1, -0.05) is 54.1 Å². The van der Waals surface area contributed by atoms with Gasteiger partial charge in [-0.2, -0.15) is 0 Å². The van der Waals surface area contributed by atoms with Crippen molar-refractivity contribution in [2.24, 2.45) is 0 Å². The molecule has 0 saturated carbocycles. The number of aryl methyl sites for hydroxylation is 1. The number of esters is 1. The Morgan fingerprint density at radius 2 is 1.83 bits per heavy atom. The topological polar surface area (TPSA) is 46.5 Å². The number of carbonyl (C=O) groups excluding carboxylic acids is 1. The molecule has 1 aliphatic heterocycles. The molecule has 3 rings (SSSR count). The van der Waals surface area contributed by atoms with Gasteiger partial charge in [-0.3, -0.25) is 0 Å². The largest absolute Gasteiger partial charge is 0.511 e. The van der Waals surface area contributed by atoms with Crippen LogP contribution in [0.15, 0.2) is 65.3 Å². The summed E-state index contributed by atoms with van der Waals surface area (Å²) in [4.78, 5) is 12.5. The maximum atomic E-state index is 12.2. The van der Waals surface area contributed by atoms with Gasteiger partial charge in [0.1, 0.15) is 16.8 Å². The highest BCUT2D eigenvalue weighted by atomic mass is 35.5. The summed E-state index contributed by atoms with van der Waals surface area (Å²) >= 11 is 7.21. The van der Waals surface area contributed by atoms with Gasteiger partial charge < -0.3 is 9.84 Å². The molecule has 0 bridgehead atoms. The molecule has 124 valence electrons. The first-order valence-corrected chi connectivity index (χ1v) is 9.05. The minimum absolute atomic E-state index is 0.101. The Labute approximate surface area is 150 Å². The number of aliphatic hydroxyl groups is 1. The number of hydrogen-bond donors (Lipinski definition) is 1. The summed E-state index contributed by atoms with van der Waals surface area (Å²) in [5, 5.41) is 10.9. The zero-order valence-corrected chi connectivity index (χ0v) is 14.5. The van der Waals surface area contributed by atoms with Crippen molar-refractivity contribution in [1.82, 2.24) is 0 Å². The fourth-order valence-corrected chi connectivity index (χ4v) is 3.62. The quantitative estimate of drug-likeness (QED) is 0.756. The molecule has 24 heavy (non-hydrogen) atoms. The molecule has 2 aromatic carbocycles. The molecule has 1 N–H and O–H groups in total. The zero-order chi connectivity index (χ0) is 16.9. The Bertz CT molecular complexity index is 741. The highest BCUT2D eigenvalue weighted by Crippen LogP contribution is 2.36. The van der Waals surface area contributed by atoms with E-state index in [1.54, 1.807) is 24.3 Å². The van der Waals surface area contributed by atoms with Crippen molar-refractivity contribution >= 4 is 29.3 Å². The number of rotatable bonds is 5. The second-order valence-electron chi connectivity index (χ2n) is 5.51. The number of hydrogen-bond acceptors (Lipinski definition) is 4. The number of cyclic esters (lactones) is 1. The van der Waals surface area contributed by atoms with Crippen molar-refractivity contribution in [3.63, 3.8) is 0 Å². The second kappa shape index (κ2) is 7.77. The first-order chi connectivity index (χ1) is 11.6. The van der Waals surface area contributed by atoms with Gasteiger partial charge in [0.2, 0.25) is 0 Å². The summed E-state index contributed by atoms with van der Waals surface area (Å²) in [5.74, 6) is 0.352. The lowest BCUT2D eigenvalue weighted by atomic mass is 10.0. The second-order valence-corrected chi connectivity index (χ2v) is 7.05. The van der Waals surface area contributed by atoms with Crippen LogP contribution in [0.2, 0.25) is 5.02 Å². The third-order valence-corrected chi connectivity index (χ3v) is 5.15. The Balaban J connectivity index is 1.63. The van der Waals surface area contributed by atoms with E-state index in [4.69, 9.17) is 16.3 Å². The molecular weight excluding hydrogens is 344 g/mol.